The Balaban J connectivity index is 2.63. The monoisotopic (exact) mass is 235 g/mol. The molecule has 0 amide bonds. The summed E-state index contributed by atoms with van der Waals surface area (Å²) >= 11 is 0. The van der Waals surface area contributed by atoms with Crippen LogP contribution in [0.2, 0.25) is 0 Å². The summed E-state index contributed by atoms with van der Waals surface area (Å²) in [4.78, 5) is 6.63. The molecule has 1 rings (SSSR count). The van der Waals surface area contributed by atoms with Crippen molar-refractivity contribution in [1.29, 1.82) is 0 Å². The van der Waals surface area contributed by atoms with Crippen molar-refractivity contribution in [3.05, 3.63) is 23.9 Å². The number of likely N-dealkylation sites (N-methyl/N-ethyl adjacent to an activating group) is 1. The van der Waals surface area contributed by atoms with Gasteiger partial charge in [0.1, 0.15) is 5.82 Å². The van der Waals surface area contributed by atoms with Crippen LogP contribution >= 0.6 is 0 Å². The van der Waals surface area contributed by atoms with Gasteiger partial charge in [0, 0.05) is 18.8 Å². The van der Waals surface area contributed by atoms with Crippen LogP contribution in [0.4, 0.5) is 5.82 Å². The average Bonchev–Trinajstić information content (AvgIpc) is 2.15. The van der Waals surface area contributed by atoms with Crippen molar-refractivity contribution in [1.82, 2.24) is 9.88 Å². The molecule has 0 saturated carbocycles. The molecule has 1 aromatic rings. The highest BCUT2D eigenvalue weighted by molar-refractivity contribution is 5.38. The quantitative estimate of drug-likeness (QED) is 0.870. The summed E-state index contributed by atoms with van der Waals surface area (Å²) < 4.78 is 0. The highest BCUT2D eigenvalue weighted by atomic mass is 15.1. The molecule has 0 fully saturated rings. The number of nitrogens with one attached hydrogen (secondary N) is 1. The van der Waals surface area contributed by atoms with Crippen LogP contribution in [0.5, 0.6) is 0 Å². The average molecular weight is 235 g/mol. The highest BCUT2D eigenvalue weighted by Gasteiger charge is 2.13. The maximum Gasteiger partial charge on any atom is 0.126 e. The summed E-state index contributed by atoms with van der Waals surface area (Å²) in [6, 6.07) is 4.61. The van der Waals surface area contributed by atoms with Crippen LogP contribution < -0.4 is 5.32 Å². The molecule has 0 aliphatic carbocycles. The molecule has 0 spiro atoms. The molecule has 0 saturated heterocycles. The summed E-state index contributed by atoms with van der Waals surface area (Å²) in [6.07, 6.45) is 1.96. The topological polar surface area (TPSA) is 28.2 Å². The second kappa shape index (κ2) is 5.50. The van der Waals surface area contributed by atoms with E-state index in [1.165, 1.54) is 5.56 Å². The highest BCUT2D eigenvalue weighted by Crippen LogP contribution is 2.21. The van der Waals surface area contributed by atoms with Gasteiger partial charge in [0.15, 0.2) is 0 Å². The normalized spacial score (nSPS) is 13.8. The van der Waals surface area contributed by atoms with Crippen molar-refractivity contribution in [3.8, 4) is 0 Å². The predicted octanol–water partition coefficient (Wildman–Crippen LogP) is 2.74. The number of aromatic nitrogens is 1. The first-order valence-corrected chi connectivity index (χ1v) is 6.17. The van der Waals surface area contributed by atoms with Crippen LogP contribution in [-0.2, 0) is 5.41 Å². The number of anilines is 1. The van der Waals surface area contributed by atoms with Gasteiger partial charge in [0.2, 0.25) is 0 Å². The van der Waals surface area contributed by atoms with E-state index in [1.807, 2.05) is 6.20 Å². The van der Waals surface area contributed by atoms with Gasteiger partial charge in [-0.15, -0.1) is 0 Å². The first-order chi connectivity index (χ1) is 7.79. The third-order valence-corrected chi connectivity index (χ3v) is 2.66. The maximum absolute atomic E-state index is 4.46. The van der Waals surface area contributed by atoms with E-state index in [9.17, 15) is 0 Å². The van der Waals surface area contributed by atoms with E-state index >= 15 is 0 Å². The van der Waals surface area contributed by atoms with Gasteiger partial charge in [0.25, 0.3) is 0 Å². The molecule has 3 heteroatoms. The van der Waals surface area contributed by atoms with E-state index in [4.69, 9.17) is 0 Å². The Morgan fingerprint density at radius 2 is 1.94 bits per heavy atom. The van der Waals surface area contributed by atoms with Crippen LogP contribution in [0.3, 0.4) is 0 Å². The van der Waals surface area contributed by atoms with E-state index in [0.29, 0.717) is 6.04 Å². The zero-order chi connectivity index (χ0) is 13.1. The summed E-state index contributed by atoms with van der Waals surface area (Å²) in [7, 11) is 4.16. The lowest BCUT2D eigenvalue weighted by Gasteiger charge is -2.21. The minimum Gasteiger partial charge on any atom is -0.366 e. The van der Waals surface area contributed by atoms with Crippen molar-refractivity contribution < 1.29 is 0 Å². The molecule has 1 atom stereocenters. The molecule has 1 heterocycles. The predicted molar refractivity (Wildman–Crippen MR) is 74.6 cm³/mol. The fourth-order valence-electron chi connectivity index (χ4n) is 1.77. The van der Waals surface area contributed by atoms with Gasteiger partial charge in [-0.1, -0.05) is 26.8 Å². The van der Waals surface area contributed by atoms with Gasteiger partial charge in [-0.25, -0.2) is 4.98 Å². The maximum atomic E-state index is 4.46. The summed E-state index contributed by atoms with van der Waals surface area (Å²) in [5.41, 5.74) is 1.43. The minimum absolute atomic E-state index is 0.167. The molecule has 0 aliphatic rings. The zero-order valence-corrected chi connectivity index (χ0v) is 11.9. The summed E-state index contributed by atoms with van der Waals surface area (Å²) in [6.45, 7) is 9.77. The van der Waals surface area contributed by atoms with Gasteiger partial charge in [0.05, 0.1) is 0 Å². The van der Waals surface area contributed by atoms with Crippen molar-refractivity contribution >= 4 is 5.82 Å². The van der Waals surface area contributed by atoms with Crippen LogP contribution in [0.15, 0.2) is 18.3 Å². The number of nitrogens with zero attached hydrogens (tertiary/aromatic N) is 2. The Morgan fingerprint density at radius 1 is 1.29 bits per heavy atom. The lowest BCUT2D eigenvalue weighted by atomic mass is 9.88. The Morgan fingerprint density at radius 3 is 2.35 bits per heavy atom. The molecule has 1 aromatic heterocycles. The van der Waals surface area contributed by atoms with Crippen molar-refractivity contribution in [2.45, 2.75) is 39.2 Å². The van der Waals surface area contributed by atoms with Crippen LogP contribution in [0.25, 0.3) is 0 Å². The first-order valence-electron chi connectivity index (χ1n) is 6.17. The van der Waals surface area contributed by atoms with Gasteiger partial charge in [-0.3, -0.25) is 0 Å². The van der Waals surface area contributed by atoms with Crippen LogP contribution in [-0.4, -0.2) is 36.6 Å². The van der Waals surface area contributed by atoms with Gasteiger partial charge < -0.3 is 10.2 Å². The number of rotatable bonds is 4. The molecule has 0 radical (unpaired) electrons. The number of hydrogen-bond donors (Lipinski definition) is 1. The fourth-order valence-corrected chi connectivity index (χ4v) is 1.77. The zero-order valence-electron chi connectivity index (χ0n) is 11.9. The van der Waals surface area contributed by atoms with E-state index in [2.05, 4.69) is 69.1 Å². The second-order valence-corrected chi connectivity index (χ2v) is 5.99. The Hall–Kier alpha value is -1.09. The molecular formula is C14H25N3. The van der Waals surface area contributed by atoms with Crippen molar-refractivity contribution in [2.75, 3.05) is 26.0 Å². The molecule has 96 valence electrons. The van der Waals surface area contributed by atoms with E-state index in [0.717, 1.165) is 12.4 Å². The van der Waals surface area contributed by atoms with E-state index in [1.54, 1.807) is 0 Å². The lowest BCUT2D eigenvalue weighted by molar-refractivity contribution is 0.392. The van der Waals surface area contributed by atoms with Gasteiger partial charge in [-0.05, 0) is 38.1 Å². The van der Waals surface area contributed by atoms with Crippen LogP contribution in [0, 0.1) is 0 Å². The SMILES string of the molecule is CC(CN(C)C)Nc1ccc(C(C)(C)C)cn1. The van der Waals surface area contributed by atoms with E-state index < -0.39 is 0 Å². The molecule has 0 aromatic carbocycles. The summed E-state index contributed by atoms with van der Waals surface area (Å²) in [5, 5.41) is 3.40. The molecule has 1 N–H and O–H groups in total. The third-order valence-electron chi connectivity index (χ3n) is 2.66. The Labute approximate surface area is 105 Å². The third kappa shape index (κ3) is 4.73. The Bertz CT molecular complexity index is 335. The molecule has 0 bridgehead atoms. The molecule has 17 heavy (non-hydrogen) atoms. The standard InChI is InChI=1S/C14H25N3/c1-11(10-17(5)6)16-13-8-7-12(9-15-13)14(2,3)4/h7-9,11H,10H2,1-6H3,(H,15,16). The molecule has 0 aliphatic heterocycles. The Kier molecular flexibility index (Phi) is 4.52. The van der Waals surface area contributed by atoms with Crippen LogP contribution in [0.1, 0.15) is 33.3 Å². The molecule has 1 unspecified atom stereocenters. The lowest BCUT2D eigenvalue weighted by Crippen LogP contribution is -2.29. The van der Waals surface area contributed by atoms with E-state index in [-0.39, 0.29) is 5.41 Å². The van der Waals surface area contributed by atoms with Crippen molar-refractivity contribution in [3.63, 3.8) is 0 Å². The fraction of sp³-hybridized carbons (Fsp3) is 0.643. The first kappa shape index (κ1) is 14.0. The number of pyridine rings is 1. The smallest absolute Gasteiger partial charge is 0.126 e. The summed E-state index contributed by atoms with van der Waals surface area (Å²) in [5.74, 6) is 0.951. The van der Waals surface area contributed by atoms with Gasteiger partial charge >= 0.3 is 0 Å². The molecule has 3 nitrogen and oxygen atoms in total. The largest absolute Gasteiger partial charge is 0.366 e. The van der Waals surface area contributed by atoms with Gasteiger partial charge in [-0.2, -0.15) is 0 Å². The second-order valence-electron chi connectivity index (χ2n) is 5.99. The number of hydrogen-bond acceptors (Lipinski definition) is 3. The molecular weight excluding hydrogens is 210 g/mol. The minimum atomic E-state index is 0.167. The van der Waals surface area contributed by atoms with Crippen molar-refractivity contribution in [2.24, 2.45) is 0 Å².